The van der Waals surface area contributed by atoms with Gasteiger partial charge >= 0.3 is 0 Å². The number of rotatable bonds is 4. The molecule has 32 heavy (non-hydrogen) atoms. The first-order chi connectivity index (χ1) is 15.0. The SMILES string of the molecule is Cc1cc2c(cc1C(N=N)c1ccc(C3C(=O)CCCC3=O)cc1)C(C)(C)CCC2(C)C. The second kappa shape index (κ2) is 8.06. The van der Waals surface area contributed by atoms with Gasteiger partial charge in [-0.3, -0.25) is 9.59 Å². The van der Waals surface area contributed by atoms with Crippen molar-refractivity contribution in [1.29, 1.82) is 5.53 Å². The monoisotopic (exact) mass is 430 g/mol. The zero-order valence-corrected chi connectivity index (χ0v) is 19.9. The van der Waals surface area contributed by atoms with E-state index < -0.39 is 12.0 Å². The van der Waals surface area contributed by atoms with Crippen molar-refractivity contribution in [1.82, 2.24) is 0 Å². The molecule has 2 aliphatic rings. The summed E-state index contributed by atoms with van der Waals surface area (Å²) in [6, 6.07) is 11.8. The number of nitrogens with zero attached hydrogens (tertiary/aromatic N) is 1. The highest BCUT2D eigenvalue weighted by atomic mass is 16.2. The Bertz CT molecular complexity index is 1060. The summed E-state index contributed by atoms with van der Waals surface area (Å²) in [6.07, 6.45) is 3.91. The van der Waals surface area contributed by atoms with Crippen LogP contribution < -0.4 is 0 Å². The maximum atomic E-state index is 12.3. The average molecular weight is 431 g/mol. The molecule has 1 fully saturated rings. The van der Waals surface area contributed by atoms with Gasteiger partial charge in [0, 0.05) is 12.8 Å². The molecule has 168 valence electrons. The van der Waals surface area contributed by atoms with E-state index >= 15 is 0 Å². The van der Waals surface area contributed by atoms with E-state index in [9.17, 15) is 9.59 Å². The van der Waals surface area contributed by atoms with Crippen molar-refractivity contribution in [2.75, 3.05) is 0 Å². The lowest BCUT2D eigenvalue weighted by atomic mass is 9.62. The van der Waals surface area contributed by atoms with Gasteiger partial charge in [-0.1, -0.05) is 64.1 Å². The molecule has 0 aliphatic heterocycles. The van der Waals surface area contributed by atoms with E-state index in [0.717, 1.165) is 35.1 Å². The van der Waals surface area contributed by atoms with Gasteiger partial charge in [-0.05, 0) is 70.4 Å². The quantitative estimate of drug-likeness (QED) is 0.425. The number of fused-ring (bicyclic) bond motifs is 1. The van der Waals surface area contributed by atoms with Crippen molar-refractivity contribution in [3.63, 3.8) is 0 Å². The van der Waals surface area contributed by atoms with Crippen LogP contribution in [0.25, 0.3) is 0 Å². The van der Waals surface area contributed by atoms with Gasteiger partial charge < -0.3 is 0 Å². The highest BCUT2D eigenvalue weighted by Crippen LogP contribution is 2.47. The third-order valence-corrected chi connectivity index (χ3v) is 7.74. The maximum Gasteiger partial charge on any atom is 0.147 e. The van der Waals surface area contributed by atoms with Crippen LogP contribution in [0.1, 0.15) is 105 Å². The predicted molar refractivity (Wildman–Crippen MR) is 127 cm³/mol. The Morgan fingerprint density at radius 1 is 0.906 bits per heavy atom. The second-order valence-corrected chi connectivity index (χ2v) is 10.9. The van der Waals surface area contributed by atoms with Gasteiger partial charge in [0.25, 0.3) is 0 Å². The van der Waals surface area contributed by atoms with Crippen LogP contribution in [-0.2, 0) is 20.4 Å². The molecule has 0 radical (unpaired) electrons. The summed E-state index contributed by atoms with van der Waals surface area (Å²) in [4.78, 5) is 24.7. The van der Waals surface area contributed by atoms with Gasteiger partial charge in [-0.25, -0.2) is 5.53 Å². The molecule has 4 rings (SSSR count). The van der Waals surface area contributed by atoms with Gasteiger partial charge in [0.2, 0.25) is 0 Å². The fourth-order valence-electron chi connectivity index (χ4n) is 5.50. The minimum absolute atomic E-state index is 0.0195. The number of carbonyl (C=O) groups is 2. The molecule has 0 saturated heterocycles. The molecular formula is C28H34N2O2. The van der Waals surface area contributed by atoms with Crippen molar-refractivity contribution in [2.24, 2.45) is 5.11 Å². The van der Waals surface area contributed by atoms with Gasteiger partial charge in [-0.2, -0.15) is 5.11 Å². The summed E-state index contributed by atoms with van der Waals surface area (Å²) in [7, 11) is 0. The molecule has 0 aromatic heterocycles. The number of benzene rings is 2. The topological polar surface area (TPSA) is 70.3 Å². The molecule has 0 spiro atoms. The standard InChI is InChI=1S/C28H34N2O2/c1-17-15-21-22(28(4,5)14-13-27(21,2)3)16-20(17)26(30-29)19-11-9-18(10-12-19)25-23(31)7-6-8-24(25)32/h9-12,15-16,25-26,29H,6-8,13-14H2,1-5H3. The molecule has 0 amide bonds. The van der Waals surface area contributed by atoms with Crippen LogP contribution in [0.4, 0.5) is 0 Å². The minimum atomic E-state index is -0.627. The Hall–Kier alpha value is -2.62. The first kappa shape index (κ1) is 22.6. The van der Waals surface area contributed by atoms with E-state index in [0.29, 0.717) is 19.3 Å². The summed E-state index contributed by atoms with van der Waals surface area (Å²) >= 11 is 0. The zero-order chi connectivity index (χ0) is 23.3. The zero-order valence-electron chi connectivity index (χ0n) is 19.9. The number of Topliss-reactive ketones (excluding diaryl/α,β-unsaturated/α-hetero) is 2. The average Bonchev–Trinajstić information content (AvgIpc) is 2.74. The largest absolute Gasteiger partial charge is 0.299 e. The molecule has 1 N–H and O–H groups in total. The highest BCUT2D eigenvalue weighted by molar-refractivity contribution is 6.09. The molecule has 2 aromatic rings. The van der Waals surface area contributed by atoms with Gasteiger partial charge in [0.05, 0.1) is 0 Å². The van der Waals surface area contributed by atoms with Crippen LogP contribution in [0.15, 0.2) is 41.5 Å². The number of nitrogens with one attached hydrogen (secondary N) is 1. The van der Waals surface area contributed by atoms with Crippen molar-refractivity contribution >= 4 is 11.6 Å². The Kier molecular flexibility index (Phi) is 5.68. The Labute approximate surface area is 191 Å². The molecule has 0 heterocycles. The van der Waals surface area contributed by atoms with E-state index in [1.807, 2.05) is 24.3 Å². The van der Waals surface area contributed by atoms with E-state index in [1.165, 1.54) is 11.1 Å². The molecule has 4 nitrogen and oxygen atoms in total. The summed E-state index contributed by atoms with van der Waals surface area (Å²) < 4.78 is 0. The van der Waals surface area contributed by atoms with E-state index in [1.54, 1.807) is 0 Å². The van der Waals surface area contributed by atoms with E-state index in [2.05, 4.69) is 51.9 Å². The van der Waals surface area contributed by atoms with Crippen LogP contribution in [0.3, 0.4) is 0 Å². The van der Waals surface area contributed by atoms with Crippen molar-refractivity contribution < 1.29 is 9.59 Å². The Morgan fingerprint density at radius 2 is 1.44 bits per heavy atom. The minimum Gasteiger partial charge on any atom is -0.299 e. The predicted octanol–water partition coefficient (Wildman–Crippen LogP) is 6.87. The summed E-state index contributed by atoms with van der Waals surface area (Å²) in [5, 5.41) is 4.01. The van der Waals surface area contributed by atoms with Crippen LogP contribution in [-0.4, -0.2) is 11.6 Å². The summed E-state index contributed by atoms with van der Waals surface area (Å²) in [5.74, 6) is -0.588. The lowest BCUT2D eigenvalue weighted by molar-refractivity contribution is -0.131. The van der Waals surface area contributed by atoms with Crippen LogP contribution in [0, 0.1) is 12.5 Å². The molecule has 1 saturated carbocycles. The molecule has 1 unspecified atom stereocenters. The van der Waals surface area contributed by atoms with Crippen LogP contribution in [0.5, 0.6) is 0 Å². The van der Waals surface area contributed by atoms with E-state index in [4.69, 9.17) is 5.53 Å². The van der Waals surface area contributed by atoms with Crippen molar-refractivity contribution in [3.8, 4) is 0 Å². The fourth-order valence-corrected chi connectivity index (χ4v) is 5.50. The second-order valence-electron chi connectivity index (χ2n) is 10.9. The summed E-state index contributed by atoms with van der Waals surface area (Å²) in [6.45, 7) is 11.4. The number of hydrogen-bond acceptors (Lipinski definition) is 4. The first-order valence-electron chi connectivity index (χ1n) is 11.7. The lowest BCUT2D eigenvalue weighted by Gasteiger charge is -2.42. The third-order valence-electron chi connectivity index (χ3n) is 7.74. The number of ketones is 2. The third kappa shape index (κ3) is 3.85. The van der Waals surface area contributed by atoms with E-state index in [-0.39, 0.29) is 22.4 Å². The number of carbonyl (C=O) groups excluding carboxylic acids is 2. The molecular weight excluding hydrogens is 396 g/mol. The molecule has 0 bridgehead atoms. The highest BCUT2D eigenvalue weighted by Gasteiger charge is 2.38. The van der Waals surface area contributed by atoms with Gasteiger partial charge in [-0.15, -0.1) is 0 Å². The van der Waals surface area contributed by atoms with Crippen molar-refractivity contribution in [2.45, 2.75) is 89.5 Å². The molecule has 4 heteroatoms. The molecule has 2 aliphatic carbocycles. The number of hydrogen-bond donors (Lipinski definition) is 1. The van der Waals surface area contributed by atoms with Crippen LogP contribution >= 0.6 is 0 Å². The first-order valence-corrected chi connectivity index (χ1v) is 11.7. The smallest absolute Gasteiger partial charge is 0.147 e. The van der Waals surface area contributed by atoms with Gasteiger partial charge in [0.1, 0.15) is 23.5 Å². The Balaban J connectivity index is 1.73. The maximum absolute atomic E-state index is 12.3. The number of aryl methyl sites for hydroxylation is 1. The van der Waals surface area contributed by atoms with Gasteiger partial charge in [0.15, 0.2) is 0 Å². The molecule has 1 atom stereocenters. The Morgan fingerprint density at radius 3 is 1.97 bits per heavy atom. The fraction of sp³-hybridized carbons (Fsp3) is 0.500. The van der Waals surface area contributed by atoms with Crippen LogP contribution in [0.2, 0.25) is 0 Å². The molecule has 2 aromatic carbocycles. The normalized spacial score (nSPS) is 21.2. The van der Waals surface area contributed by atoms with Crippen molar-refractivity contribution in [3.05, 3.63) is 69.8 Å². The lowest BCUT2D eigenvalue weighted by Crippen LogP contribution is -2.34. The summed E-state index contributed by atoms with van der Waals surface area (Å²) in [5.41, 5.74) is 14.9.